The largest absolute Gasteiger partial charge is 0.497 e. The second-order valence-corrected chi connectivity index (χ2v) is 5.40. The van der Waals surface area contributed by atoms with E-state index in [0.717, 1.165) is 11.4 Å². The molecule has 9 heteroatoms. The minimum absolute atomic E-state index is 0.148. The van der Waals surface area contributed by atoms with Gasteiger partial charge in [-0.1, -0.05) is 23.7 Å². The number of tetrazole rings is 1. The van der Waals surface area contributed by atoms with Crippen molar-refractivity contribution in [3.05, 3.63) is 59.4 Å². The first kappa shape index (κ1) is 16.7. The van der Waals surface area contributed by atoms with E-state index < -0.39 is 6.03 Å². The number of hydrogen-bond donors (Lipinski definition) is 2. The first-order chi connectivity index (χ1) is 12.2. The Kier molecular flexibility index (Phi) is 5.10. The minimum Gasteiger partial charge on any atom is -0.497 e. The molecule has 128 valence electrons. The summed E-state index contributed by atoms with van der Waals surface area (Å²) in [4.78, 5) is 12.0. The highest BCUT2D eigenvalue weighted by molar-refractivity contribution is 6.33. The molecule has 0 aliphatic heterocycles. The van der Waals surface area contributed by atoms with E-state index in [2.05, 4.69) is 26.2 Å². The number of urea groups is 1. The Morgan fingerprint density at radius 1 is 1.20 bits per heavy atom. The van der Waals surface area contributed by atoms with Gasteiger partial charge in [-0.15, -0.1) is 5.10 Å². The third kappa shape index (κ3) is 4.04. The number of carbonyl (C=O) groups is 1. The van der Waals surface area contributed by atoms with Crippen LogP contribution in [0.1, 0.15) is 5.82 Å². The Morgan fingerprint density at radius 3 is 2.68 bits per heavy atom. The summed E-state index contributed by atoms with van der Waals surface area (Å²) in [5.41, 5.74) is 1.28. The normalized spacial score (nSPS) is 10.3. The lowest BCUT2D eigenvalue weighted by atomic mass is 10.3. The topological polar surface area (TPSA) is 94.0 Å². The van der Waals surface area contributed by atoms with Crippen LogP contribution in [0.15, 0.2) is 48.5 Å². The fourth-order valence-electron chi connectivity index (χ4n) is 2.13. The zero-order chi connectivity index (χ0) is 17.6. The molecule has 2 N–H and O–H groups in total. The van der Waals surface area contributed by atoms with Crippen molar-refractivity contribution in [1.82, 2.24) is 25.5 Å². The molecule has 0 saturated carbocycles. The number of para-hydroxylation sites is 1. The van der Waals surface area contributed by atoms with Gasteiger partial charge in [0.15, 0.2) is 5.82 Å². The quantitative estimate of drug-likeness (QED) is 0.731. The van der Waals surface area contributed by atoms with Gasteiger partial charge in [-0.3, -0.25) is 0 Å². The Balaban J connectivity index is 1.65. The monoisotopic (exact) mass is 358 g/mol. The van der Waals surface area contributed by atoms with Crippen molar-refractivity contribution in [2.24, 2.45) is 0 Å². The van der Waals surface area contributed by atoms with Crippen molar-refractivity contribution in [2.45, 2.75) is 6.54 Å². The molecule has 3 rings (SSSR count). The van der Waals surface area contributed by atoms with Gasteiger partial charge in [0.2, 0.25) is 0 Å². The van der Waals surface area contributed by atoms with Gasteiger partial charge in [-0.25, -0.2) is 4.79 Å². The first-order valence-electron chi connectivity index (χ1n) is 7.38. The number of hydrogen-bond acceptors (Lipinski definition) is 5. The zero-order valence-electron chi connectivity index (χ0n) is 13.3. The van der Waals surface area contributed by atoms with Gasteiger partial charge in [0.1, 0.15) is 5.75 Å². The van der Waals surface area contributed by atoms with Crippen LogP contribution >= 0.6 is 11.6 Å². The van der Waals surface area contributed by atoms with E-state index in [-0.39, 0.29) is 6.54 Å². The molecule has 0 atom stereocenters. The van der Waals surface area contributed by atoms with E-state index in [0.29, 0.717) is 16.5 Å². The van der Waals surface area contributed by atoms with Gasteiger partial charge in [0.05, 0.1) is 30.1 Å². The Morgan fingerprint density at radius 2 is 1.96 bits per heavy atom. The Labute approximate surface area is 148 Å². The Bertz CT molecular complexity index is 865. The van der Waals surface area contributed by atoms with Crippen LogP contribution < -0.4 is 15.4 Å². The summed E-state index contributed by atoms with van der Waals surface area (Å²) in [7, 11) is 1.60. The minimum atomic E-state index is -0.405. The average Bonchev–Trinajstić information content (AvgIpc) is 3.10. The van der Waals surface area contributed by atoms with Crippen LogP contribution in [0.3, 0.4) is 0 Å². The van der Waals surface area contributed by atoms with Crippen molar-refractivity contribution >= 4 is 23.3 Å². The average molecular weight is 359 g/mol. The molecule has 0 spiro atoms. The number of carbonyl (C=O) groups excluding carboxylic acids is 1. The maximum atomic E-state index is 12.0. The predicted molar refractivity (Wildman–Crippen MR) is 93.0 cm³/mol. The van der Waals surface area contributed by atoms with Crippen LogP contribution in [0.25, 0.3) is 5.69 Å². The van der Waals surface area contributed by atoms with E-state index in [1.54, 1.807) is 43.5 Å². The van der Waals surface area contributed by atoms with E-state index in [9.17, 15) is 4.79 Å². The number of aromatic nitrogens is 4. The van der Waals surface area contributed by atoms with E-state index >= 15 is 0 Å². The number of nitrogens with zero attached hydrogens (tertiary/aromatic N) is 4. The summed E-state index contributed by atoms with van der Waals surface area (Å²) in [6, 6.07) is 13.8. The fourth-order valence-corrected chi connectivity index (χ4v) is 2.31. The molecule has 0 fully saturated rings. The third-order valence-corrected chi connectivity index (χ3v) is 3.71. The van der Waals surface area contributed by atoms with Crippen molar-refractivity contribution in [3.8, 4) is 11.4 Å². The van der Waals surface area contributed by atoms with Gasteiger partial charge in [0.25, 0.3) is 0 Å². The lowest BCUT2D eigenvalue weighted by Gasteiger charge is -2.09. The summed E-state index contributed by atoms with van der Waals surface area (Å²) >= 11 is 6.01. The lowest BCUT2D eigenvalue weighted by molar-refractivity contribution is 0.251. The van der Waals surface area contributed by atoms with Gasteiger partial charge in [0, 0.05) is 0 Å². The number of anilines is 1. The fraction of sp³-hybridized carbons (Fsp3) is 0.125. The van der Waals surface area contributed by atoms with Gasteiger partial charge < -0.3 is 15.4 Å². The van der Waals surface area contributed by atoms with Crippen LogP contribution in [0.5, 0.6) is 5.75 Å². The molecule has 3 aromatic rings. The SMILES string of the molecule is COc1ccc(-n2nnnc2CNC(=O)Nc2ccccc2Cl)cc1. The molecule has 0 bridgehead atoms. The van der Waals surface area contributed by atoms with Gasteiger partial charge >= 0.3 is 6.03 Å². The maximum Gasteiger partial charge on any atom is 0.319 e. The first-order valence-corrected chi connectivity index (χ1v) is 7.76. The smallest absolute Gasteiger partial charge is 0.319 e. The van der Waals surface area contributed by atoms with Crippen LogP contribution in [-0.2, 0) is 6.54 Å². The maximum absolute atomic E-state index is 12.0. The van der Waals surface area contributed by atoms with Gasteiger partial charge in [-0.05, 0) is 46.8 Å². The third-order valence-electron chi connectivity index (χ3n) is 3.38. The van der Waals surface area contributed by atoms with E-state index in [1.165, 1.54) is 4.68 Å². The summed E-state index contributed by atoms with van der Waals surface area (Å²) in [6.07, 6.45) is 0. The van der Waals surface area contributed by atoms with Crippen LogP contribution in [0.4, 0.5) is 10.5 Å². The highest BCUT2D eigenvalue weighted by Crippen LogP contribution is 2.20. The second-order valence-electron chi connectivity index (χ2n) is 4.99. The predicted octanol–water partition coefficient (Wildman–Crippen LogP) is 2.65. The summed E-state index contributed by atoms with van der Waals surface area (Å²) < 4.78 is 6.66. The molecule has 0 aliphatic carbocycles. The number of ether oxygens (including phenoxy) is 1. The summed E-state index contributed by atoms with van der Waals surface area (Å²) in [5, 5.41) is 17.4. The summed E-state index contributed by atoms with van der Waals surface area (Å²) in [5.74, 6) is 1.22. The molecule has 0 saturated heterocycles. The van der Waals surface area contributed by atoms with Crippen molar-refractivity contribution in [3.63, 3.8) is 0 Å². The molecule has 1 heterocycles. The Hall–Kier alpha value is -3.13. The number of amides is 2. The standard InChI is InChI=1S/C16H15ClN6O2/c1-25-12-8-6-11(7-9-12)23-15(20-21-22-23)10-18-16(24)19-14-5-3-2-4-13(14)17/h2-9H,10H2,1H3,(H2,18,19,24). The second kappa shape index (κ2) is 7.63. The highest BCUT2D eigenvalue weighted by atomic mass is 35.5. The summed E-state index contributed by atoms with van der Waals surface area (Å²) in [6.45, 7) is 0.148. The van der Waals surface area contributed by atoms with Gasteiger partial charge in [-0.2, -0.15) is 4.68 Å². The molecule has 25 heavy (non-hydrogen) atoms. The highest BCUT2D eigenvalue weighted by Gasteiger charge is 2.11. The number of nitrogens with one attached hydrogen (secondary N) is 2. The molecule has 2 aromatic carbocycles. The van der Waals surface area contributed by atoms with Crippen LogP contribution in [0, 0.1) is 0 Å². The van der Waals surface area contributed by atoms with Crippen molar-refractivity contribution in [1.29, 1.82) is 0 Å². The number of methoxy groups -OCH3 is 1. The molecular formula is C16H15ClN6O2. The molecule has 0 unspecified atom stereocenters. The van der Waals surface area contributed by atoms with Crippen molar-refractivity contribution < 1.29 is 9.53 Å². The molecule has 1 aromatic heterocycles. The molecule has 8 nitrogen and oxygen atoms in total. The van der Waals surface area contributed by atoms with Crippen LogP contribution in [0.2, 0.25) is 5.02 Å². The zero-order valence-corrected chi connectivity index (χ0v) is 14.1. The van der Waals surface area contributed by atoms with E-state index in [4.69, 9.17) is 16.3 Å². The number of benzene rings is 2. The number of halogens is 1. The molecular weight excluding hydrogens is 344 g/mol. The van der Waals surface area contributed by atoms with E-state index in [1.807, 2.05) is 12.1 Å². The molecule has 0 radical (unpaired) electrons. The molecule has 0 aliphatic rings. The number of rotatable bonds is 5. The van der Waals surface area contributed by atoms with Crippen LogP contribution in [-0.4, -0.2) is 33.3 Å². The van der Waals surface area contributed by atoms with Crippen molar-refractivity contribution in [2.75, 3.05) is 12.4 Å². The lowest BCUT2D eigenvalue weighted by Crippen LogP contribution is -2.29. The molecule has 2 amide bonds.